The lowest BCUT2D eigenvalue weighted by atomic mass is 9.46. The summed E-state index contributed by atoms with van der Waals surface area (Å²) < 4.78 is 5.41. The molecular weight excluding hydrogens is 332 g/mol. The second-order valence-corrected chi connectivity index (χ2v) is 9.43. The van der Waals surface area contributed by atoms with E-state index in [1.54, 1.807) is 0 Å². The summed E-state index contributed by atoms with van der Waals surface area (Å²) in [6, 6.07) is 0. The molecule has 0 amide bonds. The molecule has 0 aromatic carbocycles. The number of rotatable bonds is 1. The van der Waals surface area contributed by atoms with Crippen LogP contribution in [0.1, 0.15) is 59.3 Å². The second kappa shape index (κ2) is 5.90. The Balaban J connectivity index is 1.70. The number of hydrogen-bond donors (Lipinski definition) is 2. The monoisotopic (exact) mass is 362 g/mol. The van der Waals surface area contributed by atoms with Crippen molar-refractivity contribution in [1.29, 1.82) is 0 Å². The van der Waals surface area contributed by atoms with Crippen LogP contribution in [0.4, 0.5) is 0 Å². The van der Waals surface area contributed by atoms with Gasteiger partial charge in [-0.25, -0.2) is 0 Å². The number of fused-ring (bicyclic) bond motifs is 5. The summed E-state index contributed by atoms with van der Waals surface area (Å²) in [7, 11) is 0. The van der Waals surface area contributed by atoms with E-state index in [0.717, 1.165) is 24.8 Å². The van der Waals surface area contributed by atoms with Gasteiger partial charge in [0.05, 0.1) is 12.2 Å². The van der Waals surface area contributed by atoms with E-state index >= 15 is 0 Å². The SMILES string of the molecule is CC(=O)O[C@H]1CC[C@@]2(C)C(=C[C@H](O)C3C2C(O)C[C@]2(C)C(=O)CCC32)C1. The molecule has 0 saturated heterocycles. The highest BCUT2D eigenvalue weighted by Crippen LogP contribution is 2.64. The lowest BCUT2D eigenvalue weighted by Gasteiger charge is -2.59. The van der Waals surface area contributed by atoms with Gasteiger partial charge in [0.2, 0.25) is 0 Å². The summed E-state index contributed by atoms with van der Waals surface area (Å²) in [5, 5.41) is 22.1. The van der Waals surface area contributed by atoms with E-state index in [9.17, 15) is 19.8 Å². The zero-order chi connectivity index (χ0) is 18.9. The predicted octanol–water partition coefficient (Wildman–Crippen LogP) is 2.39. The van der Waals surface area contributed by atoms with E-state index in [-0.39, 0.29) is 41.0 Å². The molecule has 0 bridgehead atoms. The van der Waals surface area contributed by atoms with Gasteiger partial charge in [-0.3, -0.25) is 9.59 Å². The van der Waals surface area contributed by atoms with Gasteiger partial charge in [0.25, 0.3) is 0 Å². The van der Waals surface area contributed by atoms with Gasteiger partial charge in [-0.05, 0) is 48.9 Å². The van der Waals surface area contributed by atoms with E-state index in [4.69, 9.17) is 4.74 Å². The molecule has 5 nitrogen and oxygen atoms in total. The van der Waals surface area contributed by atoms with Crippen molar-refractivity contribution < 1.29 is 24.5 Å². The highest BCUT2D eigenvalue weighted by molar-refractivity contribution is 5.87. The Bertz CT molecular complexity index is 669. The first kappa shape index (κ1) is 18.2. The molecule has 0 aliphatic heterocycles. The molecule has 3 fully saturated rings. The molecule has 0 aromatic heterocycles. The third-order valence-electron chi connectivity index (χ3n) is 8.07. The fourth-order valence-electron chi connectivity index (χ4n) is 6.84. The molecule has 8 atom stereocenters. The Morgan fingerprint density at radius 3 is 2.65 bits per heavy atom. The number of esters is 1. The first-order chi connectivity index (χ1) is 12.2. The Morgan fingerprint density at radius 2 is 1.96 bits per heavy atom. The Kier molecular flexibility index (Phi) is 4.12. The van der Waals surface area contributed by atoms with Crippen LogP contribution < -0.4 is 0 Å². The standard InChI is InChI=1S/C21H30O5/c1-11(22)26-13-6-7-20(2)12(8-13)9-15(23)18-14-4-5-17(25)21(14,3)10-16(24)19(18)20/h9,13-16,18-19,23-24H,4-8,10H2,1-3H3/t13-,14?,15-,16?,18?,19?,20-,21-/m0/s1. The van der Waals surface area contributed by atoms with Crippen LogP contribution in [0.3, 0.4) is 0 Å². The minimum Gasteiger partial charge on any atom is -0.462 e. The van der Waals surface area contributed by atoms with E-state index in [1.165, 1.54) is 6.92 Å². The second-order valence-electron chi connectivity index (χ2n) is 9.43. The molecule has 2 N–H and O–H groups in total. The van der Waals surface area contributed by atoms with Gasteiger partial charge in [0, 0.05) is 25.2 Å². The van der Waals surface area contributed by atoms with Crippen LogP contribution in [0.15, 0.2) is 11.6 Å². The Hall–Kier alpha value is -1.20. The van der Waals surface area contributed by atoms with Crippen molar-refractivity contribution in [1.82, 2.24) is 0 Å². The van der Waals surface area contributed by atoms with Gasteiger partial charge in [-0.1, -0.05) is 25.5 Å². The van der Waals surface area contributed by atoms with Gasteiger partial charge in [0.1, 0.15) is 11.9 Å². The van der Waals surface area contributed by atoms with Crippen molar-refractivity contribution in [2.24, 2.45) is 28.6 Å². The van der Waals surface area contributed by atoms with Crippen LogP contribution in [-0.4, -0.2) is 40.3 Å². The number of carbonyl (C=O) groups excluding carboxylic acids is 2. The minimum absolute atomic E-state index is 0.0419. The first-order valence-electron chi connectivity index (χ1n) is 9.94. The van der Waals surface area contributed by atoms with Crippen LogP contribution in [-0.2, 0) is 14.3 Å². The van der Waals surface area contributed by atoms with E-state index in [2.05, 4.69) is 6.92 Å². The van der Waals surface area contributed by atoms with Crippen LogP contribution in [0, 0.1) is 28.6 Å². The topological polar surface area (TPSA) is 83.8 Å². The van der Waals surface area contributed by atoms with Crippen molar-refractivity contribution in [2.45, 2.75) is 77.6 Å². The molecule has 144 valence electrons. The highest BCUT2D eigenvalue weighted by atomic mass is 16.5. The molecule has 26 heavy (non-hydrogen) atoms. The molecule has 4 aliphatic carbocycles. The zero-order valence-corrected chi connectivity index (χ0v) is 15.9. The molecule has 0 spiro atoms. The highest BCUT2D eigenvalue weighted by Gasteiger charge is 2.63. The maximum atomic E-state index is 12.5. The van der Waals surface area contributed by atoms with E-state index in [0.29, 0.717) is 19.3 Å². The summed E-state index contributed by atoms with van der Waals surface area (Å²) in [6.07, 6.45) is 4.68. The lowest BCUT2D eigenvalue weighted by molar-refractivity contribution is -0.161. The third-order valence-corrected chi connectivity index (χ3v) is 8.07. The molecule has 5 heteroatoms. The van der Waals surface area contributed by atoms with Crippen LogP contribution in [0.25, 0.3) is 0 Å². The van der Waals surface area contributed by atoms with Crippen LogP contribution in [0.5, 0.6) is 0 Å². The van der Waals surface area contributed by atoms with Crippen LogP contribution >= 0.6 is 0 Å². The summed E-state index contributed by atoms with van der Waals surface area (Å²) >= 11 is 0. The molecule has 3 saturated carbocycles. The number of ketones is 1. The van der Waals surface area contributed by atoms with Crippen molar-refractivity contribution in [3.8, 4) is 0 Å². The quantitative estimate of drug-likeness (QED) is 0.553. The van der Waals surface area contributed by atoms with E-state index in [1.807, 2.05) is 13.0 Å². The predicted molar refractivity (Wildman–Crippen MR) is 95.0 cm³/mol. The maximum Gasteiger partial charge on any atom is 0.302 e. The number of carbonyl (C=O) groups is 2. The lowest BCUT2D eigenvalue weighted by Crippen LogP contribution is -2.60. The fraction of sp³-hybridized carbons (Fsp3) is 0.810. The molecule has 0 heterocycles. The first-order valence-corrected chi connectivity index (χ1v) is 9.94. The smallest absolute Gasteiger partial charge is 0.302 e. The average molecular weight is 362 g/mol. The normalized spacial score (nSPS) is 50.3. The summed E-state index contributed by atoms with van der Waals surface area (Å²) in [5.74, 6) is -0.00901. The molecule has 4 unspecified atom stereocenters. The number of hydrogen-bond acceptors (Lipinski definition) is 5. The number of aliphatic hydroxyl groups excluding tert-OH is 2. The van der Waals surface area contributed by atoms with Gasteiger partial charge >= 0.3 is 5.97 Å². The Morgan fingerprint density at radius 1 is 1.23 bits per heavy atom. The van der Waals surface area contributed by atoms with Crippen LogP contribution in [0.2, 0.25) is 0 Å². The largest absolute Gasteiger partial charge is 0.462 e. The minimum atomic E-state index is -0.649. The summed E-state index contributed by atoms with van der Waals surface area (Å²) in [6.45, 7) is 5.60. The zero-order valence-electron chi connectivity index (χ0n) is 15.9. The molecular formula is C21H30O5. The maximum absolute atomic E-state index is 12.5. The summed E-state index contributed by atoms with van der Waals surface area (Å²) in [5.41, 5.74) is 0.404. The molecule has 0 aromatic rings. The third kappa shape index (κ3) is 2.43. The number of Topliss-reactive ketones (excluding diaryl/α,β-unsaturated/α-hetero) is 1. The van der Waals surface area contributed by atoms with Gasteiger partial charge in [-0.15, -0.1) is 0 Å². The fourth-order valence-corrected chi connectivity index (χ4v) is 6.84. The van der Waals surface area contributed by atoms with Crippen molar-refractivity contribution in [3.63, 3.8) is 0 Å². The molecule has 4 rings (SSSR count). The van der Waals surface area contributed by atoms with Gasteiger partial charge in [0.15, 0.2) is 0 Å². The Labute approximate surface area is 154 Å². The summed E-state index contributed by atoms with van der Waals surface area (Å²) in [4.78, 5) is 23.8. The van der Waals surface area contributed by atoms with E-state index < -0.39 is 17.6 Å². The number of ether oxygens (including phenoxy) is 1. The molecule has 0 radical (unpaired) electrons. The van der Waals surface area contributed by atoms with Crippen molar-refractivity contribution in [2.75, 3.05) is 0 Å². The van der Waals surface area contributed by atoms with Gasteiger partial charge in [-0.2, -0.15) is 0 Å². The van der Waals surface area contributed by atoms with Crippen molar-refractivity contribution in [3.05, 3.63) is 11.6 Å². The average Bonchev–Trinajstić information content (AvgIpc) is 2.83. The number of aliphatic hydroxyl groups is 2. The molecule has 4 aliphatic rings. The van der Waals surface area contributed by atoms with Crippen molar-refractivity contribution >= 4 is 11.8 Å². The van der Waals surface area contributed by atoms with Gasteiger partial charge < -0.3 is 14.9 Å².